The molecule has 10 heteroatoms. The van der Waals surface area contributed by atoms with Crippen molar-refractivity contribution in [3.8, 4) is 0 Å². The zero-order valence-corrected chi connectivity index (χ0v) is 18.5. The number of nitrogens with zero attached hydrogens (tertiary/aromatic N) is 2. The van der Waals surface area contributed by atoms with Gasteiger partial charge in [0.2, 0.25) is 0 Å². The first-order valence-electron chi connectivity index (χ1n) is 10.5. The zero-order valence-electron chi connectivity index (χ0n) is 18.5. The summed E-state index contributed by atoms with van der Waals surface area (Å²) >= 11 is 0. The first-order valence-corrected chi connectivity index (χ1v) is 10.5. The lowest BCUT2D eigenvalue weighted by molar-refractivity contribution is -0.163. The Balaban J connectivity index is 1.98. The molecule has 1 aromatic carbocycles. The van der Waals surface area contributed by atoms with Gasteiger partial charge >= 0.3 is 11.9 Å². The number of hydrogen-bond acceptors (Lipinski definition) is 7. The van der Waals surface area contributed by atoms with E-state index < -0.39 is 47.3 Å². The van der Waals surface area contributed by atoms with Gasteiger partial charge in [0.15, 0.2) is 0 Å². The largest absolute Gasteiger partial charge is 0.480 e. The minimum absolute atomic E-state index is 0.0263. The fourth-order valence-corrected chi connectivity index (χ4v) is 3.90. The number of benzene rings is 1. The van der Waals surface area contributed by atoms with Crippen LogP contribution in [0.4, 0.5) is 0 Å². The first-order chi connectivity index (χ1) is 15.0. The van der Waals surface area contributed by atoms with Crippen molar-refractivity contribution < 1.29 is 33.8 Å². The molecular weight excluding hydrogens is 418 g/mol. The summed E-state index contributed by atoms with van der Waals surface area (Å²) in [6.45, 7) is 7.17. The van der Waals surface area contributed by atoms with Gasteiger partial charge in [-0.25, -0.2) is 15.0 Å². The number of esters is 1. The van der Waals surface area contributed by atoms with Crippen molar-refractivity contribution in [2.24, 2.45) is 0 Å². The van der Waals surface area contributed by atoms with E-state index in [4.69, 9.17) is 4.74 Å². The Labute approximate surface area is 185 Å². The minimum Gasteiger partial charge on any atom is -0.480 e. The summed E-state index contributed by atoms with van der Waals surface area (Å²) < 4.78 is 5.45. The van der Waals surface area contributed by atoms with Crippen molar-refractivity contribution in [2.75, 3.05) is 6.54 Å². The van der Waals surface area contributed by atoms with Gasteiger partial charge < -0.3 is 9.84 Å². The molecule has 0 aliphatic carbocycles. The molecular formula is C22H27N3O7. The average molecular weight is 445 g/mol. The van der Waals surface area contributed by atoms with Gasteiger partial charge in [0, 0.05) is 6.54 Å². The van der Waals surface area contributed by atoms with E-state index in [1.807, 2.05) is 0 Å². The second-order valence-electron chi connectivity index (χ2n) is 8.75. The molecule has 0 aromatic heterocycles. The second-order valence-corrected chi connectivity index (χ2v) is 8.75. The van der Waals surface area contributed by atoms with Gasteiger partial charge in [-0.05, 0) is 52.2 Å². The summed E-state index contributed by atoms with van der Waals surface area (Å²) in [6, 6.07) is 1.98. The molecule has 2 heterocycles. The number of carboxylic acids is 1. The highest BCUT2D eigenvalue weighted by Crippen LogP contribution is 2.30. The molecule has 1 aromatic rings. The Morgan fingerprint density at radius 1 is 1.22 bits per heavy atom. The quantitative estimate of drug-likeness (QED) is 0.516. The average Bonchev–Trinajstić information content (AvgIpc) is 2.98. The van der Waals surface area contributed by atoms with Gasteiger partial charge in [0.25, 0.3) is 17.7 Å². The topological polar surface area (TPSA) is 133 Å². The van der Waals surface area contributed by atoms with E-state index in [-0.39, 0.29) is 23.1 Å². The number of ether oxygens (including phenoxy) is 1. The van der Waals surface area contributed by atoms with Crippen LogP contribution in [0.25, 0.3) is 0 Å². The van der Waals surface area contributed by atoms with Gasteiger partial charge in [-0.15, -0.1) is 0 Å². The van der Waals surface area contributed by atoms with Crippen LogP contribution in [0.5, 0.6) is 0 Å². The number of hydrazine groups is 1. The number of rotatable bonds is 5. The van der Waals surface area contributed by atoms with Crippen molar-refractivity contribution in [1.82, 2.24) is 15.3 Å². The molecule has 1 saturated heterocycles. The van der Waals surface area contributed by atoms with E-state index in [0.29, 0.717) is 24.3 Å². The number of imide groups is 1. The summed E-state index contributed by atoms with van der Waals surface area (Å²) in [5, 5.41) is 10.6. The maximum atomic E-state index is 13.4. The number of hydrogen-bond donors (Lipinski definition) is 2. The highest BCUT2D eigenvalue weighted by molar-refractivity contribution is 6.26. The van der Waals surface area contributed by atoms with Crippen LogP contribution in [0.15, 0.2) is 18.2 Å². The smallest absolute Gasteiger partial charge is 0.331 e. The molecule has 10 nitrogen and oxygen atoms in total. The van der Waals surface area contributed by atoms with E-state index >= 15 is 0 Å². The highest BCUT2D eigenvalue weighted by atomic mass is 16.6. The normalized spacial score (nSPS) is 19.6. The maximum absolute atomic E-state index is 13.4. The summed E-state index contributed by atoms with van der Waals surface area (Å²) in [4.78, 5) is 64.3. The predicted molar refractivity (Wildman–Crippen MR) is 112 cm³/mol. The third-order valence-electron chi connectivity index (χ3n) is 5.31. The molecule has 0 bridgehead atoms. The van der Waals surface area contributed by atoms with Crippen LogP contribution in [0.3, 0.4) is 0 Å². The Morgan fingerprint density at radius 3 is 2.50 bits per heavy atom. The molecule has 3 amide bonds. The number of nitrogens with one attached hydrogen (secondary N) is 1. The van der Waals surface area contributed by atoms with E-state index in [1.165, 1.54) is 18.2 Å². The fourth-order valence-electron chi connectivity index (χ4n) is 3.90. The lowest BCUT2D eigenvalue weighted by Crippen LogP contribution is -2.57. The number of carbonyl (C=O) groups is 5. The van der Waals surface area contributed by atoms with Crippen LogP contribution in [-0.2, 0) is 14.3 Å². The van der Waals surface area contributed by atoms with Gasteiger partial charge in [-0.3, -0.25) is 24.3 Å². The molecule has 172 valence electrons. The summed E-state index contributed by atoms with van der Waals surface area (Å²) in [7, 11) is 0. The van der Waals surface area contributed by atoms with Crippen LogP contribution < -0.4 is 5.43 Å². The Morgan fingerprint density at radius 2 is 1.91 bits per heavy atom. The summed E-state index contributed by atoms with van der Waals surface area (Å²) in [5.74, 6) is -4.15. The molecule has 0 saturated carbocycles. The van der Waals surface area contributed by atoms with E-state index in [1.54, 1.807) is 27.7 Å². The Bertz CT molecular complexity index is 982. The Hall–Kier alpha value is -3.27. The maximum Gasteiger partial charge on any atom is 0.331 e. The first kappa shape index (κ1) is 23.4. The molecule has 2 atom stereocenters. The molecule has 32 heavy (non-hydrogen) atoms. The van der Waals surface area contributed by atoms with Gasteiger partial charge in [-0.2, -0.15) is 0 Å². The van der Waals surface area contributed by atoms with Crippen molar-refractivity contribution >= 4 is 29.7 Å². The molecule has 0 radical (unpaired) electrons. The monoisotopic (exact) mass is 445 g/mol. The molecule has 3 rings (SSSR count). The number of aliphatic carboxylic acids is 1. The van der Waals surface area contributed by atoms with Gasteiger partial charge in [0.05, 0.1) is 16.7 Å². The lowest BCUT2D eigenvalue weighted by Gasteiger charge is -2.36. The molecule has 0 spiro atoms. The lowest BCUT2D eigenvalue weighted by atomic mass is 10.0. The van der Waals surface area contributed by atoms with Crippen LogP contribution >= 0.6 is 0 Å². The highest BCUT2D eigenvalue weighted by Gasteiger charge is 2.45. The molecule has 2 N–H and O–H groups in total. The van der Waals surface area contributed by atoms with Gasteiger partial charge in [0.1, 0.15) is 17.7 Å². The third kappa shape index (κ3) is 4.22. The van der Waals surface area contributed by atoms with Crippen molar-refractivity contribution in [2.45, 2.75) is 64.6 Å². The standard InChI is InChI=1S/C22H27N3O7/c1-5-14(20(29)30)24-17(26)12-8-6-9-13(16(12)19(24)28)18(27)25-15(10-7-11-23-25)21(31)32-22(2,3)4/h6,8-9,14-15,23H,5,7,10-11H2,1-4H3,(H,29,30). The van der Waals surface area contributed by atoms with Crippen molar-refractivity contribution in [3.63, 3.8) is 0 Å². The van der Waals surface area contributed by atoms with E-state index in [0.717, 1.165) is 5.01 Å². The van der Waals surface area contributed by atoms with E-state index in [2.05, 4.69) is 5.43 Å². The van der Waals surface area contributed by atoms with E-state index in [9.17, 15) is 29.1 Å². The number of carbonyl (C=O) groups excluding carboxylic acids is 4. The summed E-state index contributed by atoms with van der Waals surface area (Å²) in [6.07, 6.45) is 1.04. The summed E-state index contributed by atoms with van der Waals surface area (Å²) in [5.41, 5.74) is 1.88. The van der Waals surface area contributed by atoms with Crippen molar-refractivity contribution in [3.05, 3.63) is 34.9 Å². The number of carboxylic acid groups (broad SMARTS) is 1. The van der Waals surface area contributed by atoms with Crippen LogP contribution in [-0.4, -0.2) is 68.9 Å². The van der Waals surface area contributed by atoms with Crippen LogP contribution in [0.2, 0.25) is 0 Å². The SMILES string of the molecule is CCC(C(=O)O)N1C(=O)c2cccc(C(=O)N3NCCCC3C(=O)OC(C)(C)C)c2C1=O. The van der Waals surface area contributed by atoms with Gasteiger partial charge in [-0.1, -0.05) is 13.0 Å². The molecule has 2 unspecified atom stereocenters. The fraction of sp³-hybridized carbons (Fsp3) is 0.500. The molecule has 2 aliphatic rings. The Kier molecular flexibility index (Phi) is 6.36. The predicted octanol–water partition coefficient (Wildman–Crippen LogP) is 1.60. The minimum atomic E-state index is -1.34. The third-order valence-corrected chi connectivity index (χ3v) is 5.31. The molecule has 2 aliphatic heterocycles. The molecule has 1 fully saturated rings. The van der Waals surface area contributed by atoms with Crippen LogP contribution in [0.1, 0.15) is 78.0 Å². The number of amides is 3. The van der Waals surface area contributed by atoms with Crippen LogP contribution in [0, 0.1) is 0 Å². The number of fused-ring (bicyclic) bond motifs is 1. The van der Waals surface area contributed by atoms with Crippen molar-refractivity contribution in [1.29, 1.82) is 0 Å². The second kappa shape index (κ2) is 8.70. The zero-order chi connectivity index (χ0) is 23.8.